The Kier molecular flexibility index (Phi) is 11.0. The first-order valence-corrected chi connectivity index (χ1v) is 11.8. The largest absolute Gasteiger partial charge is 0.491 e. The number of hydrogen-bond donors (Lipinski definition) is 1. The summed E-state index contributed by atoms with van der Waals surface area (Å²) in [7, 11) is 0. The molecule has 0 spiro atoms. The molecule has 35 heavy (non-hydrogen) atoms. The van der Waals surface area contributed by atoms with Crippen LogP contribution in [0.2, 0.25) is 0 Å². The van der Waals surface area contributed by atoms with Gasteiger partial charge in [0.1, 0.15) is 30.8 Å². The van der Waals surface area contributed by atoms with Crippen LogP contribution < -0.4 is 4.74 Å². The van der Waals surface area contributed by atoms with Crippen molar-refractivity contribution in [1.29, 1.82) is 5.26 Å². The standard InChI is InChI=1S/C30H35NO4/c1-21(2)23(5)34-19-28(32)20-35-29-15-13-27(14-16-29)26-11-8-24(9-12-26)6-7-25(18-31)10-17-30(33)22(3)4/h8-9,11-16,25,28,32H,1,3,5-7,10,17,19-20H2,2,4H3. The van der Waals surface area contributed by atoms with E-state index in [1.807, 2.05) is 24.3 Å². The lowest BCUT2D eigenvalue weighted by Crippen LogP contribution is -2.23. The van der Waals surface area contributed by atoms with Gasteiger partial charge in [-0.3, -0.25) is 4.79 Å². The first-order valence-electron chi connectivity index (χ1n) is 11.8. The fraction of sp³-hybridized carbons (Fsp3) is 0.333. The Labute approximate surface area is 209 Å². The molecule has 0 heterocycles. The van der Waals surface area contributed by atoms with Gasteiger partial charge in [0.2, 0.25) is 0 Å². The van der Waals surface area contributed by atoms with Crippen molar-refractivity contribution in [1.82, 2.24) is 0 Å². The van der Waals surface area contributed by atoms with Crippen LogP contribution in [0.1, 0.15) is 38.7 Å². The summed E-state index contributed by atoms with van der Waals surface area (Å²) >= 11 is 0. The van der Waals surface area contributed by atoms with Crippen LogP contribution in [0.5, 0.6) is 5.75 Å². The number of aliphatic hydroxyl groups excluding tert-OH is 1. The molecule has 0 aliphatic carbocycles. The molecule has 5 nitrogen and oxygen atoms in total. The van der Waals surface area contributed by atoms with Gasteiger partial charge in [0, 0.05) is 12.3 Å². The summed E-state index contributed by atoms with van der Waals surface area (Å²) in [6.07, 6.45) is 1.69. The topological polar surface area (TPSA) is 79.5 Å². The third-order valence-corrected chi connectivity index (χ3v) is 5.67. The highest BCUT2D eigenvalue weighted by atomic mass is 16.5. The first kappa shape index (κ1) is 27.6. The maximum atomic E-state index is 11.7. The Hall–Kier alpha value is -3.62. The molecular weight excluding hydrogens is 438 g/mol. The number of ketones is 1. The van der Waals surface area contributed by atoms with Crippen LogP contribution >= 0.6 is 0 Å². The highest BCUT2D eigenvalue weighted by Gasteiger charge is 2.12. The van der Waals surface area contributed by atoms with E-state index in [0.717, 1.165) is 35.1 Å². The monoisotopic (exact) mass is 473 g/mol. The number of nitrogens with zero attached hydrogens (tertiary/aromatic N) is 1. The second-order valence-corrected chi connectivity index (χ2v) is 8.81. The van der Waals surface area contributed by atoms with Gasteiger partial charge in [-0.05, 0) is 73.1 Å². The van der Waals surface area contributed by atoms with Crippen molar-refractivity contribution in [3.8, 4) is 22.9 Å². The quantitative estimate of drug-likeness (QED) is 0.189. The van der Waals surface area contributed by atoms with Gasteiger partial charge in [0.05, 0.1) is 6.07 Å². The van der Waals surface area contributed by atoms with Crippen LogP contribution in [0.15, 0.2) is 85.2 Å². The van der Waals surface area contributed by atoms with Gasteiger partial charge in [-0.2, -0.15) is 5.26 Å². The van der Waals surface area contributed by atoms with E-state index in [1.54, 1.807) is 13.8 Å². The van der Waals surface area contributed by atoms with Gasteiger partial charge < -0.3 is 14.6 Å². The number of rotatable bonds is 15. The fourth-order valence-electron chi connectivity index (χ4n) is 3.30. The summed E-state index contributed by atoms with van der Waals surface area (Å²) < 4.78 is 11.0. The van der Waals surface area contributed by atoms with E-state index in [-0.39, 0.29) is 24.9 Å². The predicted octanol–water partition coefficient (Wildman–Crippen LogP) is 6.20. The van der Waals surface area contributed by atoms with Gasteiger partial charge in [-0.15, -0.1) is 0 Å². The van der Waals surface area contributed by atoms with E-state index in [1.165, 1.54) is 0 Å². The zero-order valence-electron chi connectivity index (χ0n) is 20.8. The van der Waals surface area contributed by atoms with Crippen LogP contribution in [-0.4, -0.2) is 30.2 Å². The average molecular weight is 474 g/mol. The van der Waals surface area contributed by atoms with E-state index >= 15 is 0 Å². The van der Waals surface area contributed by atoms with Gasteiger partial charge in [-0.1, -0.05) is 56.1 Å². The number of aryl methyl sites for hydroxylation is 1. The third kappa shape index (κ3) is 9.64. The van der Waals surface area contributed by atoms with E-state index in [0.29, 0.717) is 29.9 Å². The molecule has 0 saturated carbocycles. The summed E-state index contributed by atoms with van der Waals surface area (Å²) in [6.45, 7) is 14.8. The van der Waals surface area contributed by atoms with E-state index in [2.05, 4.69) is 50.1 Å². The van der Waals surface area contributed by atoms with E-state index in [4.69, 9.17) is 9.47 Å². The maximum absolute atomic E-state index is 11.7. The zero-order valence-corrected chi connectivity index (χ0v) is 20.8. The first-order chi connectivity index (χ1) is 16.7. The molecule has 2 rings (SSSR count). The number of Topliss-reactive ketones (excluding diaryl/α,β-unsaturated/α-hetero) is 1. The minimum atomic E-state index is -0.773. The molecule has 0 aliphatic rings. The molecule has 0 bridgehead atoms. The third-order valence-electron chi connectivity index (χ3n) is 5.67. The predicted molar refractivity (Wildman–Crippen MR) is 140 cm³/mol. The normalized spacial score (nSPS) is 12.2. The number of aliphatic hydroxyl groups is 1. The molecule has 0 saturated heterocycles. The Morgan fingerprint density at radius 3 is 2.09 bits per heavy atom. The van der Waals surface area contributed by atoms with Crippen molar-refractivity contribution in [3.05, 3.63) is 90.7 Å². The molecule has 0 aliphatic heterocycles. The van der Waals surface area contributed by atoms with Crippen LogP contribution in [-0.2, 0) is 16.0 Å². The number of carbonyl (C=O) groups excluding carboxylic acids is 1. The van der Waals surface area contributed by atoms with Crippen molar-refractivity contribution >= 4 is 5.78 Å². The van der Waals surface area contributed by atoms with Crippen LogP contribution in [0.25, 0.3) is 11.1 Å². The number of benzene rings is 2. The second-order valence-electron chi connectivity index (χ2n) is 8.81. The van der Waals surface area contributed by atoms with Crippen molar-refractivity contribution in [2.75, 3.05) is 13.2 Å². The van der Waals surface area contributed by atoms with Crippen molar-refractivity contribution in [3.63, 3.8) is 0 Å². The summed E-state index contributed by atoms with van der Waals surface area (Å²) in [5.74, 6) is 1.01. The molecule has 2 aromatic carbocycles. The zero-order chi connectivity index (χ0) is 25.8. The molecule has 0 fully saturated rings. The minimum Gasteiger partial charge on any atom is -0.491 e. The molecule has 0 radical (unpaired) electrons. The lowest BCUT2D eigenvalue weighted by Gasteiger charge is -2.15. The average Bonchev–Trinajstić information content (AvgIpc) is 2.86. The lowest BCUT2D eigenvalue weighted by molar-refractivity contribution is -0.115. The molecule has 2 unspecified atom stereocenters. The number of carbonyl (C=O) groups is 1. The molecule has 0 amide bonds. The molecular formula is C30H35NO4. The summed E-state index contributed by atoms with van der Waals surface area (Å²) in [6, 6.07) is 18.3. The molecule has 1 N–H and O–H groups in total. The molecule has 0 aromatic heterocycles. The van der Waals surface area contributed by atoms with Gasteiger partial charge in [0.25, 0.3) is 0 Å². The maximum Gasteiger partial charge on any atom is 0.158 e. The molecule has 184 valence electrons. The van der Waals surface area contributed by atoms with E-state index < -0.39 is 6.10 Å². The Morgan fingerprint density at radius 1 is 0.943 bits per heavy atom. The smallest absolute Gasteiger partial charge is 0.158 e. The highest BCUT2D eigenvalue weighted by Crippen LogP contribution is 2.24. The highest BCUT2D eigenvalue weighted by molar-refractivity contribution is 5.94. The molecule has 2 aromatic rings. The minimum absolute atomic E-state index is 0.0288. The van der Waals surface area contributed by atoms with Gasteiger partial charge in [0.15, 0.2) is 5.78 Å². The number of nitriles is 1. The van der Waals surface area contributed by atoms with Crippen LogP contribution in [0, 0.1) is 17.2 Å². The van der Waals surface area contributed by atoms with Crippen LogP contribution in [0.4, 0.5) is 0 Å². The molecule has 2 atom stereocenters. The SMILES string of the molecule is C=C(C)C(=C)OCC(O)COc1ccc(-c2ccc(CCC(C#N)CCC(=O)C(=C)C)cc2)cc1. The van der Waals surface area contributed by atoms with Gasteiger partial charge >= 0.3 is 0 Å². The van der Waals surface area contributed by atoms with Crippen molar-refractivity contribution < 1.29 is 19.4 Å². The lowest BCUT2D eigenvalue weighted by atomic mass is 9.94. The summed E-state index contributed by atoms with van der Waals surface area (Å²) in [4.78, 5) is 11.7. The van der Waals surface area contributed by atoms with E-state index in [9.17, 15) is 15.2 Å². The number of hydrogen-bond acceptors (Lipinski definition) is 5. The van der Waals surface area contributed by atoms with Crippen LogP contribution in [0.3, 0.4) is 0 Å². The Morgan fingerprint density at radius 2 is 1.54 bits per heavy atom. The van der Waals surface area contributed by atoms with Gasteiger partial charge in [-0.25, -0.2) is 0 Å². The Bertz CT molecular complexity index is 1060. The summed E-state index contributed by atoms with van der Waals surface area (Å²) in [5.41, 5.74) is 4.56. The number of allylic oxidation sites excluding steroid dienone is 2. The van der Waals surface area contributed by atoms with Crippen molar-refractivity contribution in [2.45, 2.75) is 45.6 Å². The summed E-state index contributed by atoms with van der Waals surface area (Å²) in [5, 5.41) is 19.4. The fourth-order valence-corrected chi connectivity index (χ4v) is 3.30. The second kappa shape index (κ2) is 13.9. The molecule has 5 heteroatoms. The Balaban J connectivity index is 1.82. The van der Waals surface area contributed by atoms with Crippen molar-refractivity contribution in [2.24, 2.45) is 5.92 Å². The number of ether oxygens (including phenoxy) is 2.